The molecule has 0 bridgehead atoms. The van der Waals surface area contributed by atoms with Crippen molar-refractivity contribution in [3.8, 4) is 0 Å². The fraction of sp³-hybridized carbons (Fsp3) is 0.867. The van der Waals surface area contributed by atoms with Crippen LogP contribution in [0.2, 0.25) is 0 Å². The average Bonchev–Trinajstić information content (AvgIpc) is 2.53. The molecule has 0 aliphatic heterocycles. The number of ether oxygens (including phenoxy) is 6. The number of rotatable bonds is 18. The van der Waals surface area contributed by atoms with E-state index >= 15 is 0 Å². The standard InChI is InChI=1S/C15H28O9/c1-14(16)24-13-12-23-11-10-22-9-8-21-7-6-20-5-4-19-3-2-15(17)18/h2-13H2,1H3,(H,17,18). The van der Waals surface area contributed by atoms with Gasteiger partial charge in [0, 0.05) is 6.92 Å². The summed E-state index contributed by atoms with van der Waals surface area (Å²) in [5.41, 5.74) is 0. The largest absolute Gasteiger partial charge is 0.481 e. The fourth-order valence-corrected chi connectivity index (χ4v) is 1.39. The van der Waals surface area contributed by atoms with Crippen LogP contribution in [0, 0.1) is 0 Å². The summed E-state index contributed by atoms with van der Waals surface area (Å²) in [7, 11) is 0. The molecular formula is C15H28O9. The second-order valence-corrected chi connectivity index (χ2v) is 4.55. The number of hydrogen-bond donors (Lipinski definition) is 1. The summed E-state index contributed by atoms with van der Waals surface area (Å²) < 4.78 is 30.8. The van der Waals surface area contributed by atoms with Crippen LogP contribution in [0.1, 0.15) is 13.3 Å². The van der Waals surface area contributed by atoms with Crippen LogP contribution in [-0.2, 0) is 38.0 Å². The fourth-order valence-electron chi connectivity index (χ4n) is 1.39. The van der Waals surface area contributed by atoms with Crippen molar-refractivity contribution in [2.45, 2.75) is 13.3 Å². The van der Waals surface area contributed by atoms with Crippen LogP contribution in [0.4, 0.5) is 0 Å². The van der Waals surface area contributed by atoms with Crippen LogP contribution in [0.25, 0.3) is 0 Å². The van der Waals surface area contributed by atoms with Gasteiger partial charge in [0.2, 0.25) is 0 Å². The lowest BCUT2D eigenvalue weighted by atomic mass is 10.5. The van der Waals surface area contributed by atoms with Gasteiger partial charge in [0.05, 0.1) is 72.5 Å². The minimum Gasteiger partial charge on any atom is -0.481 e. The summed E-state index contributed by atoms with van der Waals surface area (Å²) in [5, 5.41) is 8.40. The zero-order valence-corrected chi connectivity index (χ0v) is 14.2. The lowest BCUT2D eigenvalue weighted by Crippen LogP contribution is -2.14. The third kappa shape index (κ3) is 20.7. The normalized spacial score (nSPS) is 10.7. The number of carbonyl (C=O) groups excluding carboxylic acids is 1. The maximum absolute atomic E-state index is 10.5. The molecule has 0 aromatic rings. The molecule has 0 fully saturated rings. The van der Waals surface area contributed by atoms with Crippen molar-refractivity contribution in [2.24, 2.45) is 0 Å². The summed E-state index contributed by atoms with van der Waals surface area (Å²) in [4.78, 5) is 20.7. The molecule has 0 amide bonds. The van der Waals surface area contributed by atoms with Crippen LogP contribution in [0.5, 0.6) is 0 Å². The van der Waals surface area contributed by atoms with E-state index in [4.69, 9.17) is 33.5 Å². The Bertz CT molecular complexity index is 279. The summed E-state index contributed by atoms with van der Waals surface area (Å²) in [5.74, 6) is -1.19. The Balaban J connectivity index is 3.00. The van der Waals surface area contributed by atoms with Gasteiger partial charge in [-0.15, -0.1) is 0 Å². The Hall–Kier alpha value is -1.26. The molecule has 0 aromatic heterocycles. The Morgan fingerprint density at radius 2 is 0.958 bits per heavy atom. The summed E-state index contributed by atoms with van der Waals surface area (Å²) in [6.07, 6.45) is 0.000341. The first-order chi connectivity index (χ1) is 11.6. The topological polar surface area (TPSA) is 110 Å². The van der Waals surface area contributed by atoms with Crippen molar-refractivity contribution in [3.05, 3.63) is 0 Å². The molecular weight excluding hydrogens is 324 g/mol. The number of carbonyl (C=O) groups is 2. The predicted octanol–water partition coefficient (Wildman–Crippen LogP) is 0.107. The van der Waals surface area contributed by atoms with E-state index in [9.17, 15) is 9.59 Å². The number of carboxylic acids is 1. The molecule has 1 N–H and O–H groups in total. The van der Waals surface area contributed by atoms with Gasteiger partial charge >= 0.3 is 11.9 Å². The van der Waals surface area contributed by atoms with E-state index in [1.165, 1.54) is 6.92 Å². The van der Waals surface area contributed by atoms with Gasteiger partial charge in [0.1, 0.15) is 6.61 Å². The van der Waals surface area contributed by atoms with E-state index in [1.807, 2.05) is 0 Å². The molecule has 0 atom stereocenters. The minimum absolute atomic E-state index is 0.000341. The maximum atomic E-state index is 10.5. The van der Waals surface area contributed by atoms with Gasteiger partial charge in [-0.1, -0.05) is 0 Å². The molecule has 0 heterocycles. The Morgan fingerprint density at radius 1 is 0.625 bits per heavy atom. The van der Waals surface area contributed by atoms with E-state index < -0.39 is 5.97 Å². The monoisotopic (exact) mass is 352 g/mol. The molecule has 0 saturated heterocycles. The third-order valence-electron chi connectivity index (χ3n) is 2.48. The molecule has 142 valence electrons. The minimum atomic E-state index is -0.875. The number of hydrogen-bond acceptors (Lipinski definition) is 8. The summed E-state index contributed by atoms with van der Waals surface area (Å²) in [6.45, 7) is 5.65. The van der Waals surface area contributed by atoms with Crippen LogP contribution >= 0.6 is 0 Å². The highest BCUT2D eigenvalue weighted by atomic mass is 16.6. The van der Waals surface area contributed by atoms with E-state index in [0.717, 1.165) is 0 Å². The Kier molecular flexibility index (Phi) is 17.1. The van der Waals surface area contributed by atoms with Crippen molar-refractivity contribution in [1.29, 1.82) is 0 Å². The SMILES string of the molecule is CC(=O)OCCOCCOCCOCCOCCOCCC(=O)O. The molecule has 0 spiro atoms. The smallest absolute Gasteiger partial charge is 0.305 e. The van der Waals surface area contributed by atoms with Crippen molar-refractivity contribution >= 4 is 11.9 Å². The Labute approximate surface area is 142 Å². The summed E-state index contributed by atoms with van der Waals surface area (Å²) >= 11 is 0. The summed E-state index contributed by atoms with van der Waals surface area (Å²) in [6, 6.07) is 0. The number of carboxylic acid groups (broad SMARTS) is 1. The first kappa shape index (κ1) is 22.7. The number of aliphatic carboxylic acids is 1. The van der Waals surface area contributed by atoms with E-state index in [-0.39, 0.29) is 25.6 Å². The first-order valence-corrected chi connectivity index (χ1v) is 7.86. The van der Waals surface area contributed by atoms with Gasteiger partial charge < -0.3 is 33.5 Å². The van der Waals surface area contributed by atoms with Gasteiger partial charge in [0.15, 0.2) is 0 Å². The molecule has 0 unspecified atom stereocenters. The van der Waals surface area contributed by atoms with Crippen LogP contribution in [0.15, 0.2) is 0 Å². The quantitative estimate of drug-likeness (QED) is 0.271. The molecule has 0 rings (SSSR count). The average molecular weight is 352 g/mol. The predicted molar refractivity (Wildman–Crippen MR) is 83.0 cm³/mol. The highest BCUT2D eigenvalue weighted by Gasteiger charge is 1.97. The van der Waals surface area contributed by atoms with E-state index in [0.29, 0.717) is 59.5 Å². The first-order valence-electron chi connectivity index (χ1n) is 7.86. The van der Waals surface area contributed by atoms with Gasteiger partial charge in [-0.05, 0) is 0 Å². The zero-order valence-electron chi connectivity index (χ0n) is 14.2. The molecule has 9 nitrogen and oxygen atoms in total. The van der Waals surface area contributed by atoms with Crippen LogP contribution in [0.3, 0.4) is 0 Å². The number of esters is 1. The van der Waals surface area contributed by atoms with Crippen molar-refractivity contribution in [2.75, 3.05) is 72.7 Å². The van der Waals surface area contributed by atoms with Crippen LogP contribution < -0.4 is 0 Å². The second-order valence-electron chi connectivity index (χ2n) is 4.55. The Morgan fingerprint density at radius 3 is 1.29 bits per heavy atom. The van der Waals surface area contributed by atoms with E-state index in [1.54, 1.807) is 0 Å². The highest BCUT2D eigenvalue weighted by molar-refractivity contribution is 5.66. The van der Waals surface area contributed by atoms with Crippen molar-refractivity contribution < 1.29 is 43.1 Å². The van der Waals surface area contributed by atoms with Gasteiger partial charge in [-0.25, -0.2) is 0 Å². The molecule has 0 aliphatic rings. The lowest BCUT2D eigenvalue weighted by Gasteiger charge is -2.07. The molecule has 9 heteroatoms. The van der Waals surface area contributed by atoms with Gasteiger partial charge in [-0.3, -0.25) is 9.59 Å². The zero-order chi connectivity index (χ0) is 17.9. The van der Waals surface area contributed by atoms with E-state index in [2.05, 4.69) is 0 Å². The van der Waals surface area contributed by atoms with Crippen molar-refractivity contribution in [3.63, 3.8) is 0 Å². The second kappa shape index (κ2) is 18.1. The molecule has 0 aromatic carbocycles. The lowest BCUT2D eigenvalue weighted by molar-refractivity contribution is -0.142. The van der Waals surface area contributed by atoms with Gasteiger partial charge in [-0.2, -0.15) is 0 Å². The highest BCUT2D eigenvalue weighted by Crippen LogP contribution is 1.86. The molecule has 0 saturated carbocycles. The maximum Gasteiger partial charge on any atom is 0.305 e. The molecule has 0 aliphatic carbocycles. The third-order valence-corrected chi connectivity index (χ3v) is 2.48. The van der Waals surface area contributed by atoms with Crippen molar-refractivity contribution in [1.82, 2.24) is 0 Å². The van der Waals surface area contributed by atoms with Crippen LogP contribution in [-0.4, -0.2) is 89.7 Å². The van der Waals surface area contributed by atoms with Gasteiger partial charge in [0.25, 0.3) is 0 Å². The molecule has 0 radical (unpaired) electrons. The molecule has 24 heavy (non-hydrogen) atoms.